The monoisotopic (exact) mass is 494 g/mol. The van der Waals surface area contributed by atoms with Gasteiger partial charge in [0, 0.05) is 37.2 Å². The first-order chi connectivity index (χ1) is 15.9. The van der Waals surface area contributed by atoms with Crippen LogP contribution in [0.2, 0.25) is 0 Å². The van der Waals surface area contributed by atoms with Crippen LogP contribution in [0.3, 0.4) is 0 Å². The summed E-state index contributed by atoms with van der Waals surface area (Å²) in [5, 5.41) is 27.3. The second-order valence-electron chi connectivity index (χ2n) is 11.0. The second kappa shape index (κ2) is 11.1. The molecule has 34 heavy (non-hydrogen) atoms. The first-order valence-corrected chi connectivity index (χ1v) is 13.5. The highest BCUT2D eigenvalue weighted by atomic mass is 32.2. The maximum Gasteiger partial charge on any atom is 0.309 e. The van der Waals surface area contributed by atoms with Crippen LogP contribution >= 0.6 is 11.8 Å². The summed E-state index contributed by atoms with van der Waals surface area (Å²) in [6.07, 6.45) is 2.90. The van der Waals surface area contributed by atoms with Gasteiger partial charge in [0.05, 0.1) is 29.9 Å². The molecule has 0 aromatic heterocycles. The quantitative estimate of drug-likeness (QED) is 0.397. The van der Waals surface area contributed by atoms with Crippen molar-refractivity contribution in [1.82, 2.24) is 10.2 Å². The number of fused-ring (bicyclic) bond motifs is 1. The van der Waals surface area contributed by atoms with Crippen LogP contribution in [-0.4, -0.2) is 70.2 Å². The lowest BCUT2D eigenvalue weighted by molar-refractivity contribution is -0.154. The third-order valence-corrected chi connectivity index (χ3v) is 8.80. The van der Waals surface area contributed by atoms with Crippen molar-refractivity contribution in [3.05, 3.63) is 22.8 Å². The zero-order valence-corrected chi connectivity index (χ0v) is 22.2. The van der Waals surface area contributed by atoms with E-state index in [2.05, 4.69) is 21.7 Å². The SMILES string of the molecule is C/C(=C\C1=CSCN1C)[C@@H]1C[C@@H]2N[C@@H]2CCC[C@H](C)[C@H](O)[C@@H](C)C(=O)C(C)(C)[C@@H](O)CC(=O)O1. The lowest BCUT2D eigenvalue weighted by atomic mass is 9.73. The fourth-order valence-electron chi connectivity index (χ4n) is 5.01. The largest absolute Gasteiger partial charge is 0.458 e. The number of allylic oxidation sites excluding steroid dienone is 1. The van der Waals surface area contributed by atoms with Crippen molar-refractivity contribution in [2.75, 3.05) is 12.9 Å². The molecule has 0 bridgehead atoms. The number of carbonyl (C=O) groups is 2. The average Bonchev–Trinajstić information content (AvgIpc) is 3.39. The number of likely N-dealkylation sites (N-methyl/N-ethyl adjacent to an activating group) is 1. The van der Waals surface area contributed by atoms with Crippen molar-refractivity contribution in [2.24, 2.45) is 17.3 Å². The zero-order valence-electron chi connectivity index (χ0n) is 21.4. The summed E-state index contributed by atoms with van der Waals surface area (Å²) < 4.78 is 5.90. The van der Waals surface area contributed by atoms with Crippen molar-refractivity contribution in [2.45, 2.75) is 97.1 Å². The van der Waals surface area contributed by atoms with Gasteiger partial charge in [0.15, 0.2) is 0 Å². The minimum atomic E-state index is -1.19. The van der Waals surface area contributed by atoms with Crippen LogP contribution in [0.1, 0.15) is 66.7 Å². The Morgan fingerprint density at radius 3 is 2.59 bits per heavy atom. The van der Waals surface area contributed by atoms with Gasteiger partial charge in [-0.05, 0) is 42.7 Å². The number of aliphatic hydroxyl groups is 2. The van der Waals surface area contributed by atoms with Crippen LogP contribution in [0, 0.1) is 17.3 Å². The Labute approximate surface area is 208 Å². The molecule has 2 saturated heterocycles. The zero-order chi connectivity index (χ0) is 25.2. The van der Waals surface area contributed by atoms with Crippen LogP contribution in [-0.2, 0) is 14.3 Å². The number of nitrogens with zero attached hydrogens (tertiary/aromatic N) is 1. The van der Waals surface area contributed by atoms with E-state index in [1.165, 1.54) is 0 Å². The summed E-state index contributed by atoms with van der Waals surface area (Å²) in [4.78, 5) is 28.2. The van der Waals surface area contributed by atoms with E-state index in [4.69, 9.17) is 4.74 Å². The molecule has 0 spiro atoms. The number of Topliss-reactive ketones (excluding diaryl/α,β-unsaturated/α-hetero) is 1. The molecule has 3 aliphatic heterocycles. The predicted octanol–water partition coefficient (Wildman–Crippen LogP) is 3.22. The van der Waals surface area contributed by atoms with Crippen LogP contribution in [0.25, 0.3) is 0 Å². The molecule has 0 radical (unpaired) electrons. The minimum Gasteiger partial charge on any atom is -0.458 e. The number of thioether (sulfide) groups is 1. The van der Waals surface area contributed by atoms with Crippen molar-refractivity contribution < 1.29 is 24.5 Å². The first kappa shape index (κ1) is 27.2. The molecule has 3 N–H and O–H groups in total. The summed E-state index contributed by atoms with van der Waals surface area (Å²) in [5.41, 5.74) is 0.894. The van der Waals surface area contributed by atoms with Gasteiger partial charge >= 0.3 is 5.97 Å². The molecule has 3 heterocycles. The Kier molecular flexibility index (Phi) is 8.93. The number of hydrogen-bond donors (Lipinski definition) is 3. The molecule has 2 fully saturated rings. The highest BCUT2D eigenvalue weighted by Gasteiger charge is 2.43. The van der Waals surface area contributed by atoms with E-state index < -0.39 is 35.6 Å². The van der Waals surface area contributed by atoms with E-state index in [0.717, 1.165) is 36.4 Å². The lowest BCUT2D eigenvalue weighted by Gasteiger charge is -2.34. The van der Waals surface area contributed by atoms with E-state index in [0.29, 0.717) is 12.5 Å². The van der Waals surface area contributed by atoms with E-state index in [1.54, 1.807) is 32.5 Å². The van der Waals surface area contributed by atoms with E-state index >= 15 is 0 Å². The standard InChI is InChI=1S/C26H42N2O5S/c1-15-8-7-9-19-20(27-19)11-21(16(2)10-18-13-34-14-28(18)6)33-23(30)12-22(29)26(4,5)25(32)17(3)24(15)31/h10,13,15,17,19-22,24,27,29,31H,7-9,11-12,14H2,1-6H3/b16-10+/t15-,17+,19+,20-,21-,22-,24-/m0/s1. The molecule has 8 heteroatoms. The molecule has 3 aliphatic rings. The van der Waals surface area contributed by atoms with Crippen LogP contribution < -0.4 is 5.32 Å². The topological polar surface area (TPSA) is 109 Å². The molecule has 0 aromatic rings. The van der Waals surface area contributed by atoms with Crippen molar-refractivity contribution >= 4 is 23.5 Å². The molecule has 0 amide bonds. The van der Waals surface area contributed by atoms with Gasteiger partial charge < -0.3 is 25.2 Å². The van der Waals surface area contributed by atoms with E-state index in [1.807, 2.05) is 20.9 Å². The summed E-state index contributed by atoms with van der Waals surface area (Å²) in [5.74, 6) is -0.488. The Hall–Kier alpha value is -1.35. The van der Waals surface area contributed by atoms with Crippen molar-refractivity contribution in [3.8, 4) is 0 Å². The maximum absolute atomic E-state index is 13.2. The fourth-order valence-corrected chi connectivity index (χ4v) is 5.88. The minimum absolute atomic E-state index is 0.0190. The molecule has 0 saturated carbocycles. The van der Waals surface area contributed by atoms with Gasteiger partial charge in [-0.3, -0.25) is 9.59 Å². The summed E-state index contributed by atoms with van der Waals surface area (Å²) in [6, 6.07) is 0.652. The molecule has 7 nitrogen and oxygen atoms in total. The van der Waals surface area contributed by atoms with Crippen molar-refractivity contribution in [1.29, 1.82) is 0 Å². The predicted molar refractivity (Wildman–Crippen MR) is 135 cm³/mol. The number of carbonyl (C=O) groups excluding carboxylic acids is 2. The number of esters is 1. The van der Waals surface area contributed by atoms with Gasteiger partial charge in [-0.15, -0.1) is 11.8 Å². The lowest BCUT2D eigenvalue weighted by Crippen LogP contribution is -2.45. The number of hydrogen-bond acceptors (Lipinski definition) is 8. The number of aliphatic hydroxyl groups excluding tert-OH is 2. The van der Waals surface area contributed by atoms with Gasteiger partial charge in [-0.2, -0.15) is 0 Å². The fraction of sp³-hybridized carbons (Fsp3) is 0.769. The molecule has 0 aromatic carbocycles. The molecule has 192 valence electrons. The Bertz CT molecular complexity index is 826. The van der Waals surface area contributed by atoms with Crippen LogP contribution in [0.15, 0.2) is 22.8 Å². The third-order valence-electron chi connectivity index (χ3n) is 7.85. The molecule has 7 atom stereocenters. The molecule has 3 rings (SSSR count). The number of cyclic esters (lactones) is 1. The van der Waals surface area contributed by atoms with Crippen LogP contribution in [0.4, 0.5) is 0 Å². The van der Waals surface area contributed by atoms with Gasteiger partial charge in [0.25, 0.3) is 0 Å². The smallest absolute Gasteiger partial charge is 0.309 e. The van der Waals surface area contributed by atoms with Gasteiger partial charge in [-0.25, -0.2) is 0 Å². The Morgan fingerprint density at radius 2 is 1.94 bits per heavy atom. The molecular formula is C26H42N2O5S. The third kappa shape index (κ3) is 6.45. The summed E-state index contributed by atoms with van der Waals surface area (Å²) in [7, 11) is 2.04. The van der Waals surface area contributed by atoms with E-state index in [9.17, 15) is 19.8 Å². The maximum atomic E-state index is 13.2. The summed E-state index contributed by atoms with van der Waals surface area (Å²) in [6.45, 7) is 8.97. The highest BCUT2D eigenvalue weighted by Crippen LogP contribution is 2.34. The number of ether oxygens (including phenoxy) is 1. The Balaban J connectivity index is 1.80. The molecule has 0 unspecified atom stereocenters. The number of rotatable bonds is 2. The first-order valence-electron chi connectivity index (χ1n) is 12.5. The van der Waals surface area contributed by atoms with Gasteiger partial charge in [0.1, 0.15) is 11.9 Å². The average molecular weight is 495 g/mol. The normalized spacial score (nSPS) is 38.2. The Morgan fingerprint density at radius 1 is 1.24 bits per heavy atom. The van der Waals surface area contributed by atoms with Crippen LogP contribution in [0.5, 0.6) is 0 Å². The molecule has 0 aliphatic carbocycles. The summed E-state index contributed by atoms with van der Waals surface area (Å²) >= 11 is 1.73. The molecular weight excluding hydrogens is 452 g/mol. The number of ketones is 1. The number of nitrogens with one attached hydrogen (secondary N) is 1. The second-order valence-corrected chi connectivity index (χ2v) is 11.8. The highest BCUT2D eigenvalue weighted by molar-refractivity contribution is 8.02. The van der Waals surface area contributed by atoms with Crippen molar-refractivity contribution in [3.63, 3.8) is 0 Å². The van der Waals surface area contributed by atoms with Gasteiger partial charge in [0.2, 0.25) is 0 Å². The van der Waals surface area contributed by atoms with Gasteiger partial charge in [-0.1, -0.05) is 34.1 Å². The van der Waals surface area contributed by atoms with E-state index in [-0.39, 0.29) is 24.2 Å².